The lowest BCUT2D eigenvalue weighted by Crippen LogP contribution is -2.44. The van der Waals surface area contributed by atoms with Gasteiger partial charge in [0.05, 0.1) is 12.5 Å². The van der Waals surface area contributed by atoms with Crippen molar-refractivity contribution in [1.82, 2.24) is 15.5 Å². The summed E-state index contributed by atoms with van der Waals surface area (Å²) in [6, 6.07) is 7.86. The van der Waals surface area contributed by atoms with E-state index >= 15 is 0 Å². The summed E-state index contributed by atoms with van der Waals surface area (Å²) in [5.41, 5.74) is 1.02. The summed E-state index contributed by atoms with van der Waals surface area (Å²) in [6.45, 7) is 6.81. The van der Waals surface area contributed by atoms with Gasteiger partial charge in [0.2, 0.25) is 5.91 Å². The smallest absolute Gasteiger partial charge is 0.227 e. The van der Waals surface area contributed by atoms with Gasteiger partial charge in [0.25, 0.3) is 0 Å². The van der Waals surface area contributed by atoms with Gasteiger partial charge in [-0.1, -0.05) is 18.2 Å². The Hall–Kier alpha value is -1.59. The van der Waals surface area contributed by atoms with Crippen molar-refractivity contribution in [1.29, 1.82) is 0 Å². The highest BCUT2D eigenvalue weighted by atomic mass is 16.5. The van der Waals surface area contributed by atoms with Gasteiger partial charge in [0.15, 0.2) is 0 Å². The highest BCUT2D eigenvalue weighted by molar-refractivity contribution is 5.84. The molecule has 5 nitrogen and oxygen atoms in total. The van der Waals surface area contributed by atoms with Crippen molar-refractivity contribution in [2.75, 3.05) is 45.9 Å². The maximum absolute atomic E-state index is 12.4. The van der Waals surface area contributed by atoms with Crippen molar-refractivity contribution >= 4 is 5.91 Å². The molecule has 2 aliphatic heterocycles. The number of piperazine rings is 1. The molecule has 0 saturated carbocycles. The van der Waals surface area contributed by atoms with E-state index in [-0.39, 0.29) is 11.8 Å². The molecule has 22 heavy (non-hydrogen) atoms. The van der Waals surface area contributed by atoms with E-state index in [4.69, 9.17) is 4.74 Å². The van der Waals surface area contributed by atoms with Gasteiger partial charge in [-0.25, -0.2) is 0 Å². The van der Waals surface area contributed by atoms with Crippen molar-refractivity contribution in [2.24, 2.45) is 0 Å². The molecular formula is C17H25N3O2. The number of rotatable bonds is 5. The molecule has 0 bridgehead atoms. The molecule has 1 unspecified atom stereocenters. The predicted molar refractivity (Wildman–Crippen MR) is 86.2 cm³/mol. The number of para-hydroxylation sites is 1. The van der Waals surface area contributed by atoms with E-state index in [9.17, 15) is 4.79 Å². The van der Waals surface area contributed by atoms with E-state index in [0.29, 0.717) is 6.61 Å². The summed E-state index contributed by atoms with van der Waals surface area (Å²) in [7, 11) is 0. The van der Waals surface area contributed by atoms with Gasteiger partial charge < -0.3 is 20.3 Å². The van der Waals surface area contributed by atoms with Gasteiger partial charge >= 0.3 is 0 Å². The molecule has 1 fully saturated rings. The zero-order chi connectivity index (χ0) is 15.2. The number of benzene rings is 1. The minimum Gasteiger partial charge on any atom is -0.493 e. The maximum Gasteiger partial charge on any atom is 0.227 e. The molecule has 1 atom stereocenters. The van der Waals surface area contributed by atoms with Crippen LogP contribution in [0.4, 0.5) is 0 Å². The van der Waals surface area contributed by atoms with E-state index in [1.165, 1.54) is 0 Å². The Morgan fingerprint density at radius 3 is 3.00 bits per heavy atom. The van der Waals surface area contributed by atoms with Crippen LogP contribution < -0.4 is 15.4 Å². The molecule has 2 heterocycles. The van der Waals surface area contributed by atoms with Crippen molar-refractivity contribution in [2.45, 2.75) is 18.8 Å². The number of ether oxygens (including phenoxy) is 1. The quantitative estimate of drug-likeness (QED) is 0.796. The highest BCUT2D eigenvalue weighted by Crippen LogP contribution is 2.33. The van der Waals surface area contributed by atoms with Crippen molar-refractivity contribution in [3.63, 3.8) is 0 Å². The molecule has 2 aliphatic rings. The number of hydrogen-bond donors (Lipinski definition) is 2. The largest absolute Gasteiger partial charge is 0.493 e. The van der Waals surface area contributed by atoms with Gasteiger partial charge in [0, 0.05) is 38.3 Å². The SMILES string of the molecule is O=C(NCCCN1CCNCC1)C1CCOc2ccccc21. The molecule has 0 aromatic heterocycles. The maximum atomic E-state index is 12.4. The Balaban J connectivity index is 1.44. The van der Waals surface area contributed by atoms with Gasteiger partial charge in [-0.05, 0) is 25.5 Å². The summed E-state index contributed by atoms with van der Waals surface area (Å²) in [6.07, 6.45) is 1.78. The zero-order valence-electron chi connectivity index (χ0n) is 13.0. The molecule has 0 radical (unpaired) electrons. The average Bonchev–Trinajstić information content (AvgIpc) is 2.59. The first-order valence-corrected chi connectivity index (χ1v) is 8.27. The molecule has 2 N–H and O–H groups in total. The Bertz CT molecular complexity index is 500. The molecule has 0 spiro atoms. The monoisotopic (exact) mass is 303 g/mol. The van der Waals surface area contributed by atoms with Crippen LogP contribution in [0.1, 0.15) is 24.3 Å². The Morgan fingerprint density at radius 1 is 1.32 bits per heavy atom. The van der Waals surface area contributed by atoms with Crippen LogP contribution in [0.5, 0.6) is 5.75 Å². The number of nitrogens with one attached hydrogen (secondary N) is 2. The van der Waals surface area contributed by atoms with Gasteiger partial charge in [-0.15, -0.1) is 0 Å². The van der Waals surface area contributed by atoms with Crippen LogP contribution in [0.2, 0.25) is 0 Å². The number of carbonyl (C=O) groups excluding carboxylic acids is 1. The fraction of sp³-hybridized carbons (Fsp3) is 0.588. The van der Waals surface area contributed by atoms with Crippen LogP contribution in [-0.4, -0.2) is 56.7 Å². The molecule has 3 rings (SSSR count). The fourth-order valence-electron chi connectivity index (χ4n) is 3.19. The normalized spacial score (nSPS) is 21.7. The van der Waals surface area contributed by atoms with Crippen molar-refractivity contribution in [3.8, 4) is 5.75 Å². The van der Waals surface area contributed by atoms with Crippen LogP contribution in [0, 0.1) is 0 Å². The first kappa shape index (κ1) is 15.3. The molecule has 1 saturated heterocycles. The van der Waals surface area contributed by atoms with E-state index < -0.39 is 0 Å². The second-order valence-electron chi connectivity index (χ2n) is 5.96. The Kier molecular flexibility index (Phi) is 5.29. The minimum atomic E-state index is -0.0656. The third-order valence-electron chi connectivity index (χ3n) is 4.43. The first-order valence-electron chi connectivity index (χ1n) is 8.27. The van der Waals surface area contributed by atoms with Gasteiger partial charge in [0.1, 0.15) is 5.75 Å². The van der Waals surface area contributed by atoms with Gasteiger partial charge in [-0.2, -0.15) is 0 Å². The van der Waals surface area contributed by atoms with E-state index in [1.807, 2.05) is 24.3 Å². The lowest BCUT2D eigenvalue weighted by molar-refractivity contribution is -0.123. The second kappa shape index (κ2) is 7.61. The summed E-state index contributed by atoms with van der Waals surface area (Å²) in [4.78, 5) is 14.9. The molecule has 1 aromatic carbocycles. The predicted octanol–water partition coefficient (Wildman–Crippen LogP) is 0.964. The number of fused-ring (bicyclic) bond motifs is 1. The molecule has 0 aliphatic carbocycles. The van der Waals surface area contributed by atoms with Crippen molar-refractivity contribution in [3.05, 3.63) is 29.8 Å². The topological polar surface area (TPSA) is 53.6 Å². The standard InChI is InChI=1S/C17H25N3O2/c21-17(19-7-3-10-20-11-8-18-9-12-20)15-6-13-22-16-5-2-1-4-14(15)16/h1-2,4-5,15,18H,3,6-13H2,(H,19,21). The highest BCUT2D eigenvalue weighted by Gasteiger charge is 2.26. The minimum absolute atomic E-state index is 0.0656. The lowest BCUT2D eigenvalue weighted by atomic mass is 9.92. The second-order valence-corrected chi connectivity index (χ2v) is 5.96. The first-order chi connectivity index (χ1) is 10.8. The molecular weight excluding hydrogens is 278 g/mol. The molecule has 1 aromatic rings. The third-order valence-corrected chi connectivity index (χ3v) is 4.43. The van der Waals surface area contributed by atoms with Crippen LogP contribution in [-0.2, 0) is 4.79 Å². The molecule has 1 amide bonds. The zero-order valence-corrected chi connectivity index (χ0v) is 13.0. The Labute approximate surface area is 132 Å². The van der Waals surface area contributed by atoms with Crippen LogP contribution in [0.25, 0.3) is 0 Å². The molecule has 5 heteroatoms. The number of carbonyl (C=O) groups is 1. The Morgan fingerprint density at radius 2 is 2.14 bits per heavy atom. The number of amides is 1. The van der Waals surface area contributed by atoms with Crippen LogP contribution in [0.3, 0.4) is 0 Å². The summed E-state index contributed by atoms with van der Waals surface area (Å²) >= 11 is 0. The third kappa shape index (κ3) is 3.78. The number of hydrogen-bond acceptors (Lipinski definition) is 4. The molecule has 120 valence electrons. The summed E-state index contributed by atoms with van der Waals surface area (Å²) in [5, 5.41) is 6.45. The number of nitrogens with zero attached hydrogens (tertiary/aromatic N) is 1. The summed E-state index contributed by atoms with van der Waals surface area (Å²) < 4.78 is 5.62. The average molecular weight is 303 g/mol. The van der Waals surface area contributed by atoms with Crippen LogP contribution in [0.15, 0.2) is 24.3 Å². The summed E-state index contributed by atoms with van der Waals surface area (Å²) in [5.74, 6) is 0.926. The lowest BCUT2D eigenvalue weighted by Gasteiger charge is -2.27. The van der Waals surface area contributed by atoms with Crippen molar-refractivity contribution < 1.29 is 9.53 Å². The van der Waals surface area contributed by atoms with E-state index in [1.54, 1.807) is 0 Å². The van der Waals surface area contributed by atoms with Gasteiger partial charge in [-0.3, -0.25) is 4.79 Å². The van der Waals surface area contributed by atoms with E-state index in [0.717, 1.165) is 63.4 Å². The fourth-order valence-corrected chi connectivity index (χ4v) is 3.19. The van der Waals surface area contributed by atoms with E-state index in [2.05, 4.69) is 15.5 Å². The van der Waals surface area contributed by atoms with Crippen LogP contribution >= 0.6 is 0 Å².